The van der Waals surface area contributed by atoms with Crippen LogP contribution < -0.4 is 11.1 Å². The summed E-state index contributed by atoms with van der Waals surface area (Å²) < 4.78 is 14.7. The molecular weight excluding hydrogens is 347 g/mol. The van der Waals surface area contributed by atoms with Crippen molar-refractivity contribution >= 4 is 34.5 Å². The molecule has 2 aromatic carbocycles. The first-order valence-corrected chi connectivity index (χ1v) is 8.03. The van der Waals surface area contributed by atoms with Crippen molar-refractivity contribution in [2.24, 2.45) is 5.73 Å². The Morgan fingerprint density at radius 1 is 1.19 bits per heavy atom. The van der Waals surface area contributed by atoms with Crippen molar-refractivity contribution < 1.29 is 14.0 Å². The van der Waals surface area contributed by atoms with Gasteiger partial charge in [0.05, 0.1) is 0 Å². The minimum atomic E-state index is -0.816. The van der Waals surface area contributed by atoms with E-state index >= 15 is 0 Å². The van der Waals surface area contributed by atoms with Gasteiger partial charge in [0, 0.05) is 28.4 Å². The molecule has 27 heavy (non-hydrogen) atoms. The number of nitriles is 1. The lowest BCUT2D eigenvalue weighted by atomic mass is 10.1. The third-order valence-corrected chi connectivity index (χ3v) is 3.95. The first kappa shape index (κ1) is 17.9. The predicted octanol–water partition coefficient (Wildman–Crippen LogP) is 2.81. The maximum Gasteiger partial charge on any atom is 0.259 e. The minimum absolute atomic E-state index is 0.00415. The predicted molar refractivity (Wildman–Crippen MR) is 99.8 cm³/mol. The number of halogens is 1. The second-order valence-corrected chi connectivity index (χ2v) is 5.82. The summed E-state index contributed by atoms with van der Waals surface area (Å²) in [6.45, 7) is 0.00415. The smallest absolute Gasteiger partial charge is 0.259 e. The van der Waals surface area contributed by atoms with Crippen LogP contribution in [0.2, 0.25) is 0 Å². The molecule has 0 saturated heterocycles. The van der Waals surface area contributed by atoms with Gasteiger partial charge in [0.25, 0.3) is 5.91 Å². The Hall–Kier alpha value is -3.92. The van der Waals surface area contributed by atoms with Gasteiger partial charge in [-0.3, -0.25) is 9.59 Å². The molecule has 0 aliphatic rings. The first-order chi connectivity index (χ1) is 13.0. The van der Waals surface area contributed by atoms with Gasteiger partial charge in [-0.05, 0) is 36.4 Å². The van der Waals surface area contributed by atoms with Crippen molar-refractivity contribution in [3.8, 4) is 6.07 Å². The fourth-order valence-electron chi connectivity index (χ4n) is 2.72. The Morgan fingerprint density at radius 2 is 1.89 bits per heavy atom. The number of carbonyl (C=O) groups is 2. The number of hydrogen-bond acceptors (Lipinski definition) is 3. The van der Waals surface area contributed by atoms with E-state index in [1.165, 1.54) is 30.3 Å². The zero-order valence-corrected chi connectivity index (χ0v) is 14.1. The summed E-state index contributed by atoms with van der Waals surface area (Å²) in [6, 6.07) is 14.5. The van der Waals surface area contributed by atoms with Crippen LogP contribution in [0, 0.1) is 17.1 Å². The molecule has 0 spiro atoms. The lowest BCUT2D eigenvalue weighted by Crippen LogP contribution is -2.18. The maximum absolute atomic E-state index is 13.0. The van der Waals surface area contributed by atoms with E-state index < -0.39 is 5.91 Å². The van der Waals surface area contributed by atoms with Crippen LogP contribution in [0.4, 0.5) is 10.1 Å². The molecule has 0 unspecified atom stereocenters. The van der Waals surface area contributed by atoms with Gasteiger partial charge in [-0.1, -0.05) is 18.2 Å². The Morgan fingerprint density at radius 3 is 2.56 bits per heavy atom. The van der Waals surface area contributed by atoms with E-state index in [4.69, 9.17) is 11.0 Å². The molecule has 0 aliphatic heterocycles. The summed E-state index contributed by atoms with van der Waals surface area (Å²) in [4.78, 5) is 23.7. The number of nitrogens with two attached hydrogens (primary N) is 1. The summed E-state index contributed by atoms with van der Waals surface area (Å²) in [5.74, 6) is -1.50. The number of fused-ring (bicyclic) bond motifs is 1. The van der Waals surface area contributed by atoms with E-state index in [2.05, 4.69) is 5.32 Å². The monoisotopic (exact) mass is 362 g/mol. The molecule has 0 fully saturated rings. The summed E-state index contributed by atoms with van der Waals surface area (Å²) in [5.41, 5.74) is 6.88. The van der Waals surface area contributed by atoms with E-state index in [1.54, 1.807) is 16.8 Å². The molecule has 1 heterocycles. The fraction of sp³-hybridized carbons (Fsp3) is 0.0500. The number of hydrogen-bond donors (Lipinski definition) is 2. The molecule has 0 atom stereocenters. The highest BCUT2D eigenvalue weighted by Crippen LogP contribution is 2.23. The normalized spacial score (nSPS) is 11.2. The summed E-state index contributed by atoms with van der Waals surface area (Å²) >= 11 is 0. The van der Waals surface area contributed by atoms with Gasteiger partial charge in [0.15, 0.2) is 0 Å². The van der Waals surface area contributed by atoms with Crippen LogP contribution >= 0.6 is 0 Å². The summed E-state index contributed by atoms with van der Waals surface area (Å²) in [6.07, 6.45) is 3.08. The largest absolute Gasteiger partial charge is 0.365 e. The minimum Gasteiger partial charge on any atom is -0.365 e. The second kappa shape index (κ2) is 7.54. The highest BCUT2D eigenvalue weighted by molar-refractivity contribution is 6.03. The van der Waals surface area contributed by atoms with Gasteiger partial charge >= 0.3 is 0 Å². The quantitative estimate of drug-likeness (QED) is 0.539. The molecule has 7 heteroatoms. The van der Waals surface area contributed by atoms with E-state index in [9.17, 15) is 14.0 Å². The molecule has 0 saturated carbocycles. The van der Waals surface area contributed by atoms with Gasteiger partial charge in [-0.2, -0.15) is 5.26 Å². The van der Waals surface area contributed by atoms with Gasteiger partial charge in [0.2, 0.25) is 5.91 Å². The standard InChI is InChI=1S/C20H15FN4O2/c21-15-5-7-16(8-6-15)24-19(26)12-25-11-14(9-13(10-22)20(23)27)17-3-1-2-4-18(17)25/h1-9,11H,12H2,(H2,23,27)(H,24,26)/b13-9+. The number of para-hydroxylation sites is 1. The van der Waals surface area contributed by atoms with E-state index in [1.807, 2.05) is 24.3 Å². The van der Waals surface area contributed by atoms with Crippen LogP contribution in [0.15, 0.2) is 60.3 Å². The number of benzene rings is 2. The summed E-state index contributed by atoms with van der Waals surface area (Å²) in [7, 11) is 0. The summed E-state index contributed by atoms with van der Waals surface area (Å²) in [5, 5.41) is 12.5. The first-order valence-electron chi connectivity index (χ1n) is 8.03. The molecule has 1 aromatic heterocycles. The maximum atomic E-state index is 13.0. The van der Waals surface area contributed by atoms with Gasteiger partial charge in [-0.15, -0.1) is 0 Å². The SMILES string of the molecule is N#C/C(=C\c1cn(CC(=O)Nc2ccc(F)cc2)c2ccccc12)C(N)=O. The van der Waals surface area contributed by atoms with Crippen LogP contribution in [-0.4, -0.2) is 16.4 Å². The molecule has 6 nitrogen and oxygen atoms in total. The van der Waals surface area contributed by atoms with Gasteiger partial charge in [-0.25, -0.2) is 4.39 Å². The average Bonchev–Trinajstić information content (AvgIpc) is 2.99. The zero-order valence-electron chi connectivity index (χ0n) is 14.1. The van der Waals surface area contributed by atoms with E-state index in [0.29, 0.717) is 11.3 Å². The number of nitrogens with one attached hydrogen (secondary N) is 1. The lowest BCUT2D eigenvalue weighted by molar-refractivity contribution is -0.116. The van der Waals surface area contributed by atoms with Crippen LogP contribution in [-0.2, 0) is 16.1 Å². The van der Waals surface area contributed by atoms with E-state index in [0.717, 1.165) is 10.9 Å². The lowest BCUT2D eigenvalue weighted by Gasteiger charge is -2.07. The number of aromatic nitrogens is 1. The second-order valence-electron chi connectivity index (χ2n) is 5.82. The van der Waals surface area contributed by atoms with Crippen molar-refractivity contribution in [1.82, 2.24) is 4.57 Å². The topological polar surface area (TPSA) is 101 Å². The molecule has 2 amide bonds. The number of anilines is 1. The molecular formula is C20H15FN4O2. The number of nitrogens with zero attached hydrogens (tertiary/aromatic N) is 2. The van der Waals surface area contributed by atoms with Crippen molar-refractivity contribution in [2.75, 3.05) is 5.32 Å². The van der Waals surface area contributed by atoms with Crippen molar-refractivity contribution in [1.29, 1.82) is 5.26 Å². The highest BCUT2D eigenvalue weighted by Gasteiger charge is 2.12. The molecule has 0 aliphatic carbocycles. The van der Waals surface area contributed by atoms with Gasteiger partial charge in [0.1, 0.15) is 24.0 Å². The Labute approximate surface area is 154 Å². The average molecular weight is 362 g/mol. The molecule has 134 valence electrons. The van der Waals surface area contributed by atoms with Crippen molar-refractivity contribution in [2.45, 2.75) is 6.54 Å². The number of primary amides is 1. The number of amides is 2. The van der Waals surface area contributed by atoms with Crippen LogP contribution in [0.3, 0.4) is 0 Å². The van der Waals surface area contributed by atoms with Crippen LogP contribution in [0.25, 0.3) is 17.0 Å². The highest BCUT2D eigenvalue weighted by atomic mass is 19.1. The number of carbonyl (C=O) groups excluding carboxylic acids is 2. The van der Waals surface area contributed by atoms with Crippen molar-refractivity contribution in [3.63, 3.8) is 0 Å². The molecule has 0 bridgehead atoms. The molecule has 3 aromatic rings. The third kappa shape index (κ3) is 4.02. The molecule has 0 radical (unpaired) electrons. The fourth-order valence-corrected chi connectivity index (χ4v) is 2.72. The Balaban J connectivity index is 1.91. The molecule has 3 rings (SSSR count). The molecule has 3 N–H and O–H groups in total. The van der Waals surface area contributed by atoms with Crippen LogP contribution in [0.5, 0.6) is 0 Å². The van der Waals surface area contributed by atoms with Crippen molar-refractivity contribution in [3.05, 3.63) is 71.7 Å². The number of rotatable bonds is 5. The van der Waals surface area contributed by atoms with Gasteiger partial charge < -0.3 is 15.6 Å². The van der Waals surface area contributed by atoms with E-state index in [-0.39, 0.29) is 23.8 Å². The zero-order chi connectivity index (χ0) is 19.4. The van der Waals surface area contributed by atoms with Crippen LogP contribution in [0.1, 0.15) is 5.56 Å². The Kier molecular flexibility index (Phi) is 4.99. The Bertz CT molecular complexity index is 1090. The third-order valence-electron chi connectivity index (χ3n) is 3.95.